The molecule has 6 N–H and O–H groups in total. The topological polar surface area (TPSA) is 164 Å². The van der Waals surface area contributed by atoms with E-state index in [2.05, 4.69) is 20.9 Å². The van der Waals surface area contributed by atoms with E-state index in [1.54, 1.807) is 5.43 Å². The van der Waals surface area contributed by atoms with Crippen LogP contribution in [0, 0.1) is 10.1 Å². The largest absolute Gasteiger partial charge is 0.365 e. The van der Waals surface area contributed by atoms with Gasteiger partial charge in [0.15, 0.2) is 5.03 Å². The highest BCUT2D eigenvalue weighted by Gasteiger charge is 2.30. The van der Waals surface area contributed by atoms with Gasteiger partial charge in [0.2, 0.25) is 11.8 Å². The van der Waals surface area contributed by atoms with E-state index in [1.165, 1.54) is 0 Å². The van der Waals surface area contributed by atoms with Crippen LogP contribution in [0.3, 0.4) is 0 Å². The average Bonchev–Trinajstić information content (AvgIpc) is 3.13. The van der Waals surface area contributed by atoms with Crippen molar-refractivity contribution in [2.75, 3.05) is 18.4 Å². The van der Waals surface area contributed by atoms with Crippen LogP contribution in [0.1, 0.15) is 32.1 Å². The molecular weight excluding hydrogens is 414 g/mol. The summed E-state index contributed by atoms with van der Waals surface area (Å²) >= 11 is 0. The minimum Gasteiger partial charge on any atom is -0.365 e. The van der Waals surface area contributed by atoms with Crippen molar-refractivity contribution in [1.29, 1.82) is 0 Å². The zero-order valence-corrected chi connectivity index (χ0v) is 17.3. The summed E-state index contributed by atoms with van der Waals surface area (Å²) in [6.45, 7) is 0.912. The van der Waals surface area contributed by atoms with Crippen molar-refractivity contribution in [3.8, 4) is 0 Å². The Bertz CT molecular complexity index is 733. The van der Waals surface area contributed by atoms with Crippen molar-refractivity contribution in [1.82, 2.24) is 16.1 Å². The van der Waals surface area contributed by atoms with Gasteiger partial charge in [0.25, 0.3) is 5.96 Å². The van der Waals surface area contributed by atoms with Gasteiger partial charge in [0, 0.05) is 31.2 Å². The predicted molar refractivity (Wildman–Crippen MR) is 116 cm³/mol. The Morgan fingerprint density at radius 1 is 1.23 bits per heavy atom. The number of hydrogen-bond donors (Lipinski definition) is 5. The number of amides is 2. The number of hydrazine groups is 1. The third-order valence-electron chi connectivity index (χ3n) is 4.40. The van der Waals surface area contributed by atoms with Crippen molar-refractivity contribution in [2.45, 2.75) is 44.2 Å². The molecule has 1 heterocycles. The summed E-state index contributed by atoms with van der Waals surface area (Å²) < 4.78 is 0. The second-order valence-corrected chi connectivity index (χ2v) is 6.76. The summed E-state index contributed by atoms with van der Waals surface area (Å²) in [6, 6.07) is 8.82. The molecule has 0 saturated carbocycles. The van der Waals surface area contributed by atoms with Crippen molar-refractivity contribution in [3.05, 3.63) is 40.4 Å². The fraction of sp³-hybridized carbons (Fsp3) is 0.500. The molecule has 2 atom stereocenters. The Kier molecular flexibility index (Phi) is 11.2. The lowest BCUT2D eigenvalue weighted by Gasteiger charge is -2.13. The first-order valence-corrected chi connectivity index (χ1v) is 9.53. The van der Waals surface area contributed by atoms with Gasteiger partial charge in [0.1, 0.15) is 0 Å². The van der Waals surface area contributed by atoms with E-state index in [-0.39, 0.29) is 42.3 Å². The molecule has 1 fully saturated rings. The van der Waals surface area contributed by atoms with E-state index < -0.39 is 5.03 Å². The Labute approximate surface area is 180 Å². The van der Waals surface area contributed by atoms with E-state index in [0.717, 1.165) is 12.1 Å². The fourth-order valence-electron chi connectivity index (χ4n) is 3.00. The first kappa shape index (κ1) is 25.1. The molecular formula is C18H28ClN7O4. The number of halogens is 1. The number of carbonyl (C=O) groups is 2. The SMILES string of the molecule is Cl.NC(=NCCCCCC(=O)N[C@@H]1CN[C@H](C(=O)Nc2ccccc2)C1)N[N+](=O)[O-]. The molecule has 0 aromatic heterocycles. The Morgan fingerprint density at radius 3 is 2.67 bits per heavy atom. The Morgan fingerprint density at radius 2 is 1.97 bits per heavy atom. The average molecular weight is 442 g/mol. The first-order chi connectivity index (χ1) is 13.9. The van der Waals surface area contributed by atoms with E-state index >= 15 is 0 Å². The van der Waals surface area contributed by atoms with Crippen LogP contribution >= 0.6 is 12.4 Å². The maximum absolute atomic E-state index is 12.3. The van der Waals surface area contributed by atoms with Crippen molar-refractivity contribution in [2.24, 2.45) is 10.7 Å². The van der Waals surface area contributed by atoms with Gasteiger partial charge in [-0.1, -0.05) is 30.0 Å². The number of benzene rings is 1. The molecule has 0 spiro atoms. The molecule has 166 valence electrons. The van der Waals surface area contributed by atoms with Gasteiger partial charge in [-0.15, -0.1) is 12.4 Å². The highest BCUT2D eigenvalue weighted by molar-refractivity contribution is 5.95. The van der Waals surface area contributed by atoms with Crippen LogP contribution in [0.15, 0.2) is 35.3 Å². The van der Waals surface area contributed by atoms with Gasteiger partial charge in [-0.05, 0) is 31.4 Å². The van der Waals surface area contributed by atoms with E-state index in [9.17, 15) is 19.7 Å². The van der Waals surface area contributed by atoms with E-state index in [1.807, 2.05) is 30.3 Å². The number of nitrogens with two attached hydrogens (primary N) is 1. The third-order valence-corrected chi connectivity index (χ3v) is 4.40. The number of carbonyl (C=O) groups excluding carboxylic acids is 2. The molecule has 11 nitrogen and oxygen atoms in total. The minimum atomic E-state index is -0.767. The molecule has 30 heavy (non-hydrogen) atoms. The lowest BCUT2D eigenvalue weighted by atomic mass is 10.1. The van der Waals surface area contributed by atoms with Gasteiger partial charge in [-0.2, -0.15) is 0 Å². The normalized spacial score (nSPS) is 18.2. The Balaban J connectivity index is 0.00000450. The lowest BCUT2D eigenvalue weighted by Crippen LogP contribution is -2.36. The number of nitrogens with one attached hydrogen (secondary N) is 4. The summed E-state index contributed by atoms with van der Waals surface area (Å²) in [6.07, 6.45) is 3.04. The molecule has 1 aliphatic rings. The smallest absolute Gasteiger partial charge is 0.251 e. The summed E-state index contributed by atoms with van der Waals surface area (Å²) in [5.74, 6) is -0.398. The maximum atomic E-state index is 12.3. The van der Waals surface area contributed by atoms with Crippen molar-refractivity contribution >= 4 is 35.9 Å². The van der Waals surface area contributed by atoms with Crippen LogP contribution in [-0.2, 0) is 9.59 Å². The summed E-state index contributed by atoms with van der Waals surface area (Å²) in [4.78, 5) is 38.3. The standard InChI is InChI=1S/C18H27N7O4.ClH/c19-18(24-25(28)29)20-10-6-2-5-9-16(26)22-14-11-15(21-12-14)17(27)23-13-7-3-1-4-8-13;/h1,3-4,7-8,14-15,21H,2,5-6,9-12H2,(H,22,26)(H,23,27)(H3,19,20,24);1H/t14-,15-;/m0./s1. The number of nitrogens with zero attached hydrogens (tertiary/aromatic N) is 2. The Hall–Kier alpha value is -2.92. The molecule has 2 rings (SSSR count). The van der Waals surface area contributed by atoms with Crippen LogP contribution < -0.4 is 27.1 Å². The number of nitro groups is 1. The molecule has 0 bridgehead atoms. The minimum absolute atomic E-state index is 0. The van der Waals surface area contributed by atoms with Gasteiger partial charge in [0.05, 0.1) is 6.04 Å². The number of guanidine groups is 1. The van der Waals surface area contributed by atoms with Gasteiger partial charge in [-0.3, -0.25) is 9.59 Å². The monoisotopic (exact) mass is 441 g/mol. The second kappa shape index (κ2) is 13.3. The molecule has 12 heteroatoms. The number of anilines is 1. The quantitative estimate of drug-likeness (QED) is 0.116. The molecule has 0 aliphatic carbocycles. The maximum Gasteiger partial charge on any atom is 0.251 e. The third kappa shape index (κ3) is 9.52. The lowest BCUT2D eigenvalue weighted by molar-refractivity contribution is -0.525. The highest BCUT2D eigenvalue weighted by Crippen LogP contribution is 2.12. The van der Waals surface area contributed by atoms with Gasteiger partial charge in [-0.25, -0.2) is 15.1 Å². The van der Waals surface area contributed by atoms with Crippen LogP contribution in [0.4, 0.5) is 5.69 Å². The summed E-state index contributed by atoms with van der Waals surface area (Å²) in [7, 11) is 0. The van der Waals surface area contributed by atoms with Crippen LogP contribution in [0.5, 0.6) is 0 Å². The van der Waals surface area contributed by atoms with Crippen molar-refractivity contribution in [3.63, 3.8) is 0 Å². The van der Waals surface area contributed by atoms with E-state index in [4.69, 9.17) is 5.73 Å². The first-order valence-electron chi connectivity index (χ1n) is 9.53. The van der Waals surface area contributed by atoms with E-state index in [0.29, 0.717) is 38.8 Å². The molecule has 1 aromatic carbocycles. The molecule has 0 unspecified atom stereocenters. The second-order valence-electron chi connectivity index (χ2n) is 6.76. The number of rotatable bonds is 10. The van der Waals surface area contributed by atoms with Crippen LogP contribution in [0.25, 0.3) is 0 Å². The van der Waals surface area contributed by atoms with Gasteiger partial charge >= 0.3 is 0 Å². The summed E-state index contributed by atoms with van der Waals surface area (Å²) in [5.41, 5.74) is 7.81. The van der Waals surface area contributed by atoms with Crippen LogP contribution in [0.2, 0.25) is 0 Å². The molecule has 1 saturated heterocycles. The fourth-order valence-corrected chi connectivity index (χ4v) is 3.00. The molecule has 1 aliphatic heterocycles. The van der Waals surface area contributed by atoms with Gasteiger partial charge < -0.3 is 21.7 Å². The highest BCUT2D eigenvalue weighted by atomic mass is 35.5. The predicted octanol–water partition coefficient (Wildman–Crippen LogP) is 0.550. The molecule has 0 radical (unpaired) electrons. The number of unbranched alkanes of at least 4 members (excludes halogenated alkanes) is 2. The summed E-state index contributed by atoms with van der Waals surface area (Å²) in [5, 5.41) is 18.3. The number of para-hydroxylation sites is 1. The zero-order valence-electron chi connectivity index (χ0n) is 16.5. The van der Waals surface area contributed by atoms with Crippen LogP contribution in [-0.4, -0.2) is 48.0 Å². The number of hydrogen-bond acceptors (Lipinski definition) is 6. The molecule has 2 amide bonds. The van der Waals surface area contributed by atoms with Crippen molar-refractivity contribution < 1.29 is 14.6 Å². The zero-order chi connectivity index (χ0) is 21.1. The number of aliphatic imine (C=N–C) groups is 1. The molecule has 1 aromatic rings.